The van der Waals surface area contributed by atoms with E-state index in [-0.39, 0.29) is 0 Å². The Morgan fingerprint density at radius 1 is 0.381 bits per heavy atom. The Kier molecular flexibility index (Phi) is 4.93. The van der Waals surface area contributed by atoms with E-state index in [1.807, 2.05) is 0 Å². The molecular formula is C40H26N2. The van der Waals surface area contributed by atoms with Gasteiger partial charge in [-0.2, -0.15) is 0 Å². The minimum absolute atomic E-state index is 1.16. The van der Waals surface area contributed by atoms with Crippen LogP contribution in [0.4, 0.5) is 0 Å². The molecule has 9 aromatic rings. The standard InChI is InChI=1S/C40H26N2/c1-2-10-26(11-3-1)27-18-21-29(22-19-27)42-38-17-9-7-15-34(38)40-33-14-5-4-12-30(33)35(25-39(40)42)28-20-23-32-31-13-6-8-16-36(31)41-37(32)24-28/h1-25,41H. The molecule has 1 N–H and O–H groups in total. The zero-order valence-corrected chi connectivity index (χ0v) is 22.9. The second-order valence-corrected chi connectivity index (χ2v) is 11.1. The predicted octanol–water partition coefficient (Wildman–Crippen LogP) is 10.9. The van der Waals surface area contributed by atoms with Crippen LogP contribution in [-0.4, -0.2) is 9.55 Å². The first kappa shape index (κ1) is 23.1. The molecule has 0 radical (unpaired) electrons. The Labute approximate surface area is 243 Å². The van der Waals surface area contributed by atoms with Crippen molar-refractivity contribution in [2.75, 3.05) is 0 Å². The van der Waals surface area contributed by atoms with Gasteiger partial charge in [-0.05, 0) is 69.4 Å². The number of nitrogens with one attached hydrogen (secondary N) is 1. The first-order valence-electron chi connectivity index (χ1n) is 14.5. The van der Waals surface area contributed by atoms with E-state index in [1.54, 1.807) is 0 Å². The molecule has 2 heterocycles. The van der Waals surface area contributed by atoms with Crippen molar-refractivity contribution in [3.05, 3.63) is 152 Å². The summed E-state index contributed by atoms with van der Waals surface area (Å²) in [7, 11) is 0. The molecule has 0 aliphatic rings. The van der Waals surface area contributed by atoms with E-state index in [2.05, 4.69) is 161 Å². The third-order valence-corrected chi connectivity index (χ3v) is 8.73. The highest BCUT2D eigenvalue weighted by Gasteiger charge is 2.18. The van der Waals surface area contributed by atoms with Gasteiger partial charge in [-0.15, -0.1) is 0 Å². The largest absolute Gasteiger partial charge is 0.354 e. The summed E-state index contributed by atoms with van der Waals surface area (Å²) < 4.78 is 2.43. The van der Waals surface area contributed by atoms with E-state index < -0.39 is 0 Å². The predicted molar refractivity (Wildman–Crippen MR) is 179 cm³/mol. The second kappa shape index (κ2) is 8.95. The molecule has 0 saturated heterocycles. The smallest absolute Gasteiger partial charge is 0.0553 e. The van der Waals surface area contributed by atoms with E-state index in [4.69, 9.17) is 0 Å². The summed E-state index contributed by atoms with van der Waals surface area (Å²) in [5.41, 5.74) is 10.8. The van der Waals surface area contributed by atoms with Crippen LogP contribution in [0.5, 0.6) is 0 Å². The van der Waals surface area contributed by atoms with Crippen molar-refractivity contribution in [3.63, 3.8) is 0 Å². The highest BCUT2D eigenvalue weighted by molar-refractivity contribution is 6.24. The summed E-state index contributed by atoms with van der Waals surface area (Å²) in [5, 5.41) is 7.63. The van der Waals surface area contributed by atoms with Crippen molar-refractivity contribution >= 4 is 54.4 Å². The van der Waals surface area contributed by atoms with Crippen LogP contribution in [-0.2, 0) is 0 Å². The number of benzene rings is 7. The van der Waals surface area contributed by atoms with E-state index in [1.165, 1.54) is 71.1 Å². The van der Waals surface area contributed by atoms with Crippen molar-refractivity contribution in [1.82, 2.24) is 9.55 Å². The van der Waals surface area contributed by atoms with Gasteiger partial charge in [0.05, 0.1) is 11.0 Å². The van der Waals surface area contributed by atoms with Gasteiger partial charge >= 0.3 is 0 Å². The molecule has 0 amide bonds. The summed E-state index contributed by atoms with van der Waals surface area (Å²) in [6, 6.07) is 55.0. The summed E-state index contributed by atoms with van der Waals surface area (Å²) in [4.78, 5) is 3.65. The summed E-state index contributed by atoms with van der Waals surface area (Å²) in [6.07, 6.45) is 0. The maximum absolute atomic E-state index is 3.65. The molecule has 0 spiro atoms. The van der Waals surface area contributed by atoms with Gasteiger partial charge in [0.15, 0.2) is 0 Å². The molecule has 0 bridgehead atoms. The minimum atomic E-state index is 1.16. The van der Waals surface area contributed by atoms with Gasteiger partial charge < -0.3 is 9.55 Å². The summed E-state index contributed by atoms with van der Waals surface area (Å²) >= 11 is 0. The Bertz CT molecular complexity index is 2440. The average Bonchev–Trinajstić information content (AvgIpc) is 3.60. The Morgan fingerprint density at radius 3 is 1.83 bits per heavy atom. The number of aromatic nitrogens is 2. The summed E-state index contributed by atoms with van der Waals surface area (Å²) in [5.74, 6) is 0. The molecule has 2 aromatic heterocycles. The van der Waals surface area contributed by atoms with Gasteiger partial charge in [0.25, 0.3) is 0 Å². The lowest BCUT2D eigenvalue weighted by Crippen LogP contribution is -1.94. The van der Waals surface area contributed by atoms with E-state index in [0.717, 1.165) is 11.2 Å². The zero-order valence-electron chi connectivity index (χ0n) is 22.9. The van der Waals surface area contributed by atoms with E-state index in [9.17, 15) is 0 Å². The molecule has 0 saturated carbocycles. The Balaban J connectivity index is 1.33. The number of aromatic amines is 1. The quantitative estimate of drug-likeness (QED) is 0.233. The lowest BCUT2D eigenvalue weighted by Gasteiger charge is -2.13. The number of fused-ring (bicyclic) bond motifs is 8. The van der Waals surface area contributed by atoms with Crippen LogP contribution in [0.25, 0.3) is 82.3 Å². The number of H-pyrrole nitrogens is 1. The second-order valence-electron chi connectivity index (χ2n) is 11.1. The molecule has 7 aromatic carbocycles. The molecule has 2 heteroatoms. The fraction of sp³-hybridized carbons (Fsp3) is 0. The van der Waals surface area contributed by atoms with Crippen LogP contribution in [0, 0.1) is 0 Å². The molecule has 0 aliphatic carbocycles. The number of rotatable bonds is 3. The SMILES string of the molecule is c1ccc(-c2ccc(-n3c4ccccc4c4c5ccccc5c(-c5ccc6c(c5)[nH]c5ccccc56)cc43)cc2)cc1. The topological polar surface area (TPSA) is 20.7 Å². The fourth-order valence-corrected chi connectivity index (χ4v) is 6.80. The van der Waals surface area contributed by atoms with Crippen molar-refractivity contribution < 1.29 is 0 Å². The molecule has 42 heavy (non-hydrogen) atoms. The van der Waals surface area contributed by atoms with E-state index in [0.29, 0.717) is 0 Å². The molecule has 0 atom stereocenters. The molecule has 196 valence electrons. The van der Waals surface area contributed by atoms with Gasteiger partial charge in [-0.1, -0.05) is 115 Å². The highest BCUT2D eigenvalue weighted by atomic mass is 15.0. The zero-order chi connectivity index (χ0) is 27.6. The monoisotopic (exact) mass is 534 g/mol. The van der Waals surface area contributed by atoms with Gasteiger partial charge in [0.1, 0.15) is 0 Å². The minimum Gasteiger partial charge on any atom is -0.354 e. The molecule has 2 nitrogen and oxygen atoms in total. The van der Waals surface area contributed by atoms with Crippen LogP contribution < -0.4 is 0 Å². The van der Waals surface area contributed by atoms with Gasteiger partial charge in [0, 0.05) is 38.3 Å². The number of nitrogens with zero attached hydrogens (tertiary/aromatic N) is 1. The Morgan fingerprint density at radius 2 is 1.00 bits per heavy atom. The van der Waals surface area contributed by atoms with Crippen molar-refractivity contribution in [2.24, 2.45) is 0 Å². The molecule has 0 aliphatic heterocycles. The first-order valence-corrected chi connectivity index (χ1v) is 14.5. The molecule has 9 rings (SSSR count). The average molecular weight is 535 g/mol. The highest BCUT2D eigenvalue weighted by Crippen LogP contribution is 2.42. The number of hydrogen-bond acceptors (Lipinski definition) is 0. The van der Waals surface area contributed by atoms with Gasteiger partial charge in [-0.3, -0.25) is 0 Å². The number of hydrogen-bond donors (Lipinski definition) is 1. The van der Waals surface area contributed by atoms with Crippen LogP contribution in [0.3, 0.4) is 0 Å². The third kappa shape index (κ3) is 3.39. The number of para-hydroxylation sites is 2. The van der Waals surface area contributed by atoms with Crippen LogP contribution >= 0.6 is 0 Å². The maximum Gasteiger partial charge on any atom is 0.0553 e. The molecular weight excluding hydrogens is 508 g/mol. The van der Waals surface area contributed by atoms with Crippen LogP contribution in [0.1, 0.15) is 0 Å². The van der Waals surface area contributed by atoms with Crippen molar-refractivity contribution in [2.45, 2.75) is 0 Å². The van der Waals surface area contributed by atoms with Gasteiger partial charge in [-0.25, -0.2) is 0 Å². The third-order valence-electron chi connectivity index (χ3n) is 8.73. The van der Waals surface area contributed by atoms with Crippen molar-refractivity contribution in [3.8, 4) is 27.9 Å². The van der Waals surface area contributed by atoms with Crippen molar-refractivity contribution in [1.29, 1.82) is 0 Å². The molecule has 0 unspecified atom stereocenters. The normalized spacial score (nSPS) is 11.8. The van der Waals surface area contributed by atoms with Crippen LogP contribution in [0.15, 0.2) is 152 Å². The molecule has 0 fully saturated rings. The summed E-state index contributed by atoms with van der Waals surface area (Å²) in [6.45, 7) is 0. The van der Waals surface area contributed by atoms with Crippen LogP contribution in [0.2, 0.25) is 0 Å². The maximum atomic E-state index is 3.65. The van der Waals surface area contributed by atoms with E-state index >= 15 is 0 Å². The Hall–Kier alpha value is -5.60. The lowest BCUT2D eigenvalue weighted by atomic mass is 9.94. The van der Waals surface area contributed by atoms with Gasteiger partial charge in [0.2, 0.25) is 0 Å². The lowest BCUT2D eigenvalue weighted by molar-refractivity contribution is 1.18. The first-order chi connectivity index (χ1) is 20.8. The fourth-order valence-electron chi connectivity index (χ4n) is 6.80.